The summed E-state index contributed by atoms with van der Waals surface area (Å²) >= 11 is 5.81. The molecule has 19 heavy (non-hydrogen) atoms. The van der Waals surface area contributed by atoms with Gasteiger partial charge in [0.1, 0.15) is 6.04 Å². The summed E-state index contributed by atoms with van der Waals surface area (Å²) in [6.07, 6.45) is 0. The number of rotatable bonds is 3. The monoisotopic (exact) mass is 287 g/mol. The minimum atomic E-state index is -0.498. The molecule has 1 aromatic rings. The summed E-state index contributed by atoms with van der Waals surface area (Å²) in [6.45, 7) is 1.24. The van der Waals surface area contributed by atoms with Gasteiger partial charge in [0.05, 0.1) is 20.3 Å². The van der Waals surface area contributed by atoms with Gasteiger partial charge in [-0.05, 0) is 11.6 Å². The summed E-state index contributed by atoms with van der Waals surface area (Å²) < 4.78 is 10.2. The van der Waals surface area contributed by atoms with Gasteiger partial charge in [-0.3, -0.25) is 4.79 Å². The van der Waals surface area contributed by atoms with Crippen LogP contribution in [0.15, 0.2) is 0 Å². The Morgan fingerprint density at radius 2 is 2.32 bits per heavy atom. The van der Waals surface area contributed by atoms with Crippen LogP contribution in [0.4, 0.5) is 5.95 Å². The first-order chi connectivity index (χ1) is 9.15. The standard InChI is InChI=1S/C10H14ClN5O3/c1-12-7(17)6-5-19-4-3-16(6)9-13-8(11)14-10(15-9)18-2/h6H,3-5H2,1-2H3,(H,12,17). The molecular weight excluding hydrogens is 274 g/mol. The molecule has 0 bridgehead atoms. The smallest absolute Gasteiger partial charge is 0.322 e. The average molecular weight is 288 g/mol. The topological polar surface area (TPSA) is 89.5 Å². The van der Waals surface area contributed by atoms with Gasteiger partial charge in [0.2, 0.25) is 17.1 Å². The highest BCUT2D eigenvalue weighted by atomic mass is 35.5. The molecule has 8 nitrogen and oxygen atoms in total. The molecule has 0 aromatic carbocycles. The van der Waals surface area contributed by atoms with Crippen LogP contribution >= 0.6 is 11.6 Å². The van der Waals surface area contributed by atoms with Gasteiger partial charge >= 0.3 is 6.01 Å². The molecule has 0 spiro atoms. The van der Waals surface area contributed by atoms with Crippen molar-refractivity contribution in [3.05, 3.63) is 5.28 Å². The number of likely N-dealkylation sites (N-methyl/N-ethyl adjacent to an activating group) is 1. The van der Waals surface area contributed by atoms with E-state index in [0.717, 1.165) is 0 Å². The molecule has 1 amide bonds. The lowest BCUT2D eigenvalue weighted by molar-refractivity contribution is -0.124. The van der Waals surface area contributed by atoms with E-state index in [1.807, 2.05) is 0 Å². The molecule has 0 aliphatic carbocycles. The van der Waals surface area contributed by atoms with Gasteiger partial charge in [-0.15, -0.1) is 0 Å². The summed E-state index contributed by atoms with van der Waals surface area (Å²) in [5.74, 6) is 0.129. The molecule has 0 radical (unpaired) electrons. The van der Waals surface area contributed by atoms with E-state index >= 15 is 0 Å². The summed E-state index contributed by atoms with van der Waals surface area (Å²) in [5.41, 5.74) is 0. The number of carbonyl (C=O) groups excluding carboxylic acids is 1. The third-order valence-electron chi connectivity index (χ3n) is 2.69. The first-order valence-electron chi connectivity index (χ1n) is 5.67. The fourth-order valence-electron chi connectivity index (χ4n) is 1.77. The number of carbonyl (C=O) groups is 1. The zero-order valence-corrected chi connectivity index (χ0v) is 11.3. The fourth-order valence-corrected chi connectivity index (χ4v) is 1.92. The van der Waals surface area contributed by atoms with Crippen molar-refractivity contribution >= 4 is 23.5 Å². The van der Waals surface area contributed by atoms with E-state index in [2.05, 4.69) is 20.3 Å². The van der Waals surface area contributed by atoms with Crippen molar-refractivity contribution in [2.24, 2.45) is 0 Å². The average Bonchev–Trinajstić information content (AvgIpc) is 2.45. The fraction of sp³-hybridized carbons (Fsp3) is 0.600. The van der Waals surface area contributed by atoms with Gasteiger partial charge in [0.15, 0.2) is 0 Å². The molecule has 2 heterocycles. The van der Waals surface area contributed by atoms with Crippen LogP contribution in [0.25, 0.3) is 0 Å². The molecule has 1 saturated heterocycles. The third-order valence-corrected chi connectivity index (χ3v) is 2.86. The first-order valence-corrected chi connectivity index (χ1v) is 6.05. The van der Waals surface area contributed by atoms with Gasteiger partial charge in [-0.25, -0.2) is 0 Å². The van der Waals surface area contributed by atoms with Crippen molar-refractivity contribution < 1.29 is 14.3 Å². The molecule has 104 valence electrons. The number of aromatic nitrogens is 3. The Bertz CT molecular complexity index is 472. The van der Waals surface area contributed by atoms with Crippen LogP contribution in [-0.2, 0) is 9.53 Å². The Kier molecular flexibility index (Phi) is 4.33. The van der Waals surface area contributed by atoms with E-state index in [1.54, 1.807) is 11.9 Å². The maximum atomic E-state index is 11.8. The van der Waals surface area contributed by atoms with E-state index in [9.17, 15) is 4.79 Å². The van der Waals surface area contributed by atoms with Gasteiger partial charge in [0, 0.05) is 13.6 Å². The lowest BCUT2D eigenvalue weighted by Crippen LogP contribution is -2.54. The minimum absolute atomic E-state index is 0.0176. The second-order valence-electron chi connectivity index (χ2n) is 3.79. The number of anilines is 1. The van der Waals surface area contributed by atoms with E-state index < -0.39 is 6.04 Å². The van der Waals surface area contributed by atoms with E-state index in [1.165, 1.54) is 7.11 Å². The van der Waals surface area contributed by atoms with E-state index in [-0.39, 0.29) is 23.8 Å². The van der Waals surface area contributed by atoms with Crippen LogP contribution in [-0.4, -0.2) is 60.8 Å². The molecule has 1 N–H and O–H groups in total. The van der Waals surface area contributed by atoms with Gasteiger partial charge in [-0.2, -0.15) is 15.0 Å². The second-order valence-corrected chi connectivity index (χ2v) is 4.13. The lowest BCUT2D eigenvalue weighted by Gasteiger charge is -2.34. The first kappa shape index (κ1) is 13.8. The number of halogens is 1. The zero-order valence-electron chi connectivity index (χ0n) is 10.6. The van der Waals surface area contributed by atoms with E-state index in [4.69, 9.17) is 21.1 Å². The van der Waals surface area contributed by atoms with Crippen LogP contribution in [0.2, 0.25) is 5.28 Å². The highest BCUT2D eigenvalue weighted by Crippen LogP contribution is 2.19. The summed E-state index contributed by atoms with van der Waals surface area (Å²) in [6, 6.07) is -0.390. The maximum absolute atomic E-state index is 11.8. The molecule has 2 rings (SSSR count). The Labute approximate surface area is 115 Å². The molecule has 1 fully saturated rings. The molecule has 1 atom stereocenters. The number of nitrogens with one attached hydrogen (secondary N) is 1. The number of ether oxygens (including phenoxy) is 2. The zero-order chi connectivity index (χ0) is 13.8. The van der Waals surface area contributed by atoms with Crippen LogP contribution in [0.3, 0.4) is 0 Å². The van der Waals surface area contributed by atoms with Gasteiger partial charge in [-0.1, -0.05) is 0 Å². The minimum Gasteiger partial charge on any atom is -0.467 e. The van der Waals surface area contributed by atoms with Crippen molar-refractivity contribution in [3.63, 3.8) is 0 Å². The van der Waals surface area contributed by atoms with Crippen molar-refractivity contribution in [3.8, 4) is 6.01 Å². The highest BCUT2D eigenvalue weighted by molar-refractivity contribution is 6.28. The number of hydrogen-bond acceptors (Lipinski definition) is 7. The number of morpholine rings is 1. The largest absolute Gasteiger partial charge is 0.467 e. The van der Waals surface area contributed by atoms with Gasteiger partial charge in [0.25, 0.3) is 0 Å². The van der Waals surface area contributed by atoms with E-state index in [0.29, 0.717) is 19.1 Å². The summed E-state index contributed by atoms with van der Waals surface area (Å²) in [5, 5.41) is 2.60. The van der Waals surface area contributed by atoms with Crippen LogP contribution < -0.4 is 15.0 Å². The predicted octanol–water partition coefficient (Wildman–Crippen LogP) is -0.515. The number of hydrogen-bond donors (Lipinski definition) is 1. The SMILES string of the molecule is CNC(=O)C1COCCN1c1nc(Cl)nc(OC)n1. The van der Waals surface area contributed by atoms with Crippen LogP contribution in [0.5, 0.6) is 6.01 Å². The maximum Gasteiger partial charge on any atom is 0.322 e. The number of methoxy groups -OCH3 is 1. The van der Waals surface area contributed by atoms with Crippen molar-refractivity contribution in [2.75, 3.05) is 38.8 Å². The second kappa shape index (κ2) is 5.98. The molecule has 1 aliphatic heterocycles. The predicted molar refractivity (Wildman–Crippen MR) is 67.4 cm³/mol. The molecule has 1 aliphatic rings. The van der Waals surface area contributed by atoms with Crippen LogP contribution in [0.1, 0.15) is 0 Å². The number of amides is 1. The van der Waals surface area contributed by atoms with Crippen molar-refractivity contribution in [2.45, 2.75) is 6.04 Å². The summed E-state index contributed by atoms with van der Waals surface area (Å²) in [7, 11) is 3.00. The lowest BCUT2D eigenvalue weighted by atomic mass is 10.2. The Morgan fingerprint density at radius 3 is 3.00 bits per heavy atom. The molecule has 0 saturated carbocycles. The highest BCUT2D eigenvalue weighted by Gasteiger charge is 2.31. The van der Waals surface area contributed by atoms with Crippen molar-refractivity contribution in [1.82, 2.24) is 20.3 Å². The Hall–Kier alpha value is -1.67. The Balaban J connectivity index is 2.31. The van der Waals surface area contributed by atoms with Crippen molar-refractivity contribution in [1.29, 1.82) is 0 Å². The quantitative estimate of drug-likeness (QED) is 0.800. The number of nitrogens with zero attached hydrogens (tertiary/aromatic N) is 4. The van der Waals surface area contributed by atoms with Crippen LogP contribution in [0, 0.1) is 0 Å². The third kappa shape index (κ3) is 3.02. The molecular formula is C10H14ClN5O3. The van der Waals surface area contributed by atoms with Gasteiger partial charge < -0.3 is 19.7 Å². The molecule has 1 unspecified atom stereocenters. The molecule has 9 heteroatoms. The summed E-state index contributed by atoms with van der Waals surface area (Å²) in [4.78, 5) is 25.5. The molecule has 1 aromatic heterocycles. The Morgan fingerprint density at radius 1 is 1.53 bits per heavy atom. The normalized spacial score (nSPS) is 19.1.